The first-order valence-electron chi connectivity index (χ1n) is 5.05. The standard InChI is InChI=1S/C10H16F2N2/c1-8-4-14(5-8)7-10(11,12)6-13-9-2-3-9/h9,13H,1-7H2. The maximum absolute atomic E-state index is 13.3. The Balaban J connectivity index is 1.67. The van der Waals surface area contributed by atoms with E-state index in [0.717, 1.165) is 18.4 Å². The number of alkyl halides is 2. The smallest absolute Gasteiger partial charge is 0.272 e. The third kappa shape index (κ3) is 2.75. The molecular weight excluding hydrogens is 186 g/mol. The molecule has 2 aliphatic rings. The number of halogens is 2. The second-order valence-electron chi connectivity index (χ2n) is 4.41. The number of nitrogens with zero attached hydrogens (tertiary/aromatic N) is 1. The van der Waals surface area contributed by atoms with E-state index < -0.39 is 5.92 Å². The molecule has 1 N–H and O–H groups in total. The second-order valence-corrected chi connectivity index (χ2v) is 4.41. The summed E-state index contributed by atoms with van der Waals surface area (Å²) in [5.74, 6) is -2.59. The Bertz CT molecular complexity index is 228. The molecule has 1 aliphatic heterocycles. The van der Waals surface area contributed by atoms with E-state index in [9.17, 15) is 8.78 Å². The van der Waals surface area contributed by atoms with E-state index >= 15 is 0 Å². The predicted molar refractivity (Wildman–Crippen MR) is 51.6 cm³/mol. The molecule has 0 bridgehead atoms. The Morgan fingerprint density at radius 1 is 1.43 bits per heavy atom. The van der Waals surface area contributed by atoms with Gasteiger partial charge in [0, 0.05) is 19.1 Å². The maximum Gasteiger partial charge on any atom is 0.272 e. The first-order valence-corrected chi connectivity index (χ1v) is 5.05. The summed E-state index contributed by atoms with van der Waals surface area (Å²) in [4.78, 5) is 1.73. The van der Waals surface area contributed by atoms with Gasteiger partial charge in [-0.3, -0.25) is 4.90 Å². The summed E-state index contributed by atoms with van der Waals surface area (Å²) in [6.07, 6.45) is 2.10. The summed E-state index contributed by atoms with van der Waals surface area (Å²) in [5, 5.41) is 2.86. The normalized spacial score (nSPS) is 23.7. The lowest BCUT2D eigenvalue weighted by molar-refractivity contribution is -0.0350. The van der Waals surface area contributed by atoms with Gasteiger partial charge >= 0.3 is 0 Å². The van der Waals surface area contributed by atoms with Crippen molar-refractivity contribution in [2.75, 3.05) is 26.2 Å². The third-order valence-corrected chi connectivity index (χ3v) is 2.58. The highest BCUT2D eigenvalue weighted by Gasteiger charge is 2.36. The Kier molecular flexibility index (Phi) is 2.58. The largest absolute Gasteiger partial charge is 0.308 e. The minimum Gasteiger partial charge on any atom is -0.308 e. The third-order valence-electron chi connectivity index (χ3n) is 2.58. The van der Waals surface area contributed by atoms with E-state index in [4.69, 9.17) is 0 Å². The van der Waals surface area contributed by atoms with Crippen molar-refractivity contribution in [1.29, 1.82) is 0 Å². The van der Waals surface area contributed by atoms with E-state index in [-0.39, 0.29) is 13.1 Å². The SMILES string of the molecule is C=C1CN(CC(F)(F)CNC2CC2)C1. The topological polar surface area (TPSA) is 15.3 Å². The molecule has 0 spiro atoms. The zero-order valence-electron chi connectivity index (χ0n) is 8.23. The van der Waals surface area contributed by atoms with Crippen molar-refractivity contribution in [3.05, 3.63) is 12.2 Å². The summed E-state index contributed by atoms with van der Waals surface area (Å²) in [5.41, 5.74) is 1.05. The maximum atomic E-state index is 13.3. The van der Waals surface area contributed by atoms with Crippen LogP contribution in [0, 0.1) is 0 Å². The second kappa shape index (κ2) is 3.59. The molecule has 0 aromatic carbocycles. The highest BCUT2D eigenvalue weighted by Crippen LogP contribution is 2.23. The van der Waals surface area contributed by atoms with Gasteiger partial charge in [0.25, 0.3) is 5.92 Å². The Hall–Kier alpha value is -0.480. The van der Waals surface area contributed by atoms with Crippen molar-refractivity contribution in [2.24, 2.45) is 0 Å². The number of nitrogens with one attached hydrogen (secondary N) is 1. The fourth-order valence-electron chi connectivity index (χ4n) is 1.66. The summed E-state index contributed by atoms with van der Waals surface area (Å²) in [6, 6.07) is 0.354. The van der Waals surface area contributed by atoms with Gasteiger partial charge < -0.3 is 5.32 Å². The molecule has 0 atom stereocenters. The van der Waals surface area contributed by atoms with E-state index in [1.807, 2.05) is 0 Å². The summed E-state index contributed by atoms with van der Waals surface area (Å²) in [7, 11) is 0. The monoisotopic (exact) mass is 202 g/mol. The predicted octanol–water partition coefficient (Wildman–Crippen LogP) is 1.25. The van der Waals surface area contributed by atoms with Crippen molar-refractivity contribution in [3.8, 4) is 0 Å². The van der Waals surface area contributed by atoms with Crippen LogP contribution in [0.3, 0.4) is 0 Å². The van der Waals surface area contributed by atoms with Crippen molar-refractivity contribution in [1.82, 2.24) is 10.2 Å². The fraction of sp³-hybridized carbons (Fsp3) is 0.800. The van der Waals surface area contributed by atoms with Crippen molar-refractivity contribution >= 4 is 0 Å². The highest BCUT2D eigenvalue weighted by molar-refractivity contribution is 5.10. The van der Waals surface area contributed by atoms with E-state index in [1.54, 1.807) is 4.90 Å². The average Bonchev–Trinajstić information content (AvgIpc) is 2.80. The van der Waals surface area contributed by atoms with Crippen LogP contribution >= 0.6 is 0 Å². The summed E-state index contributed by atoms with van der Waals surface area (Å²) < 4.78 is 26.6. The zero-order valence-corrected chi connectivity index (χ0v) is 8.23. The van der Waals surface area contributed by atoms with Gasteiger partial charge in [-0.1, -0.05) is 6.58 Å². The van der Waals surface area contributed by atoms with E-state index in [0.29, 0.717) is 19.1 Å². The highest BCUT2D eigenvalue weighted by atomic mass is 19.3. The van der Waals surface area contributed by atoms with Gasteiger partial charge in [0.2, 0.25) is 0 Å². The molecule has 1 saturated carbocycles. The summed E-state index contributed by atoms with van der Waals surface area (Å²) in [6.45, 7) is 4.69. The molecule has 0 aromatic heterocycles. The van der Waals surface area contributed by atoms with E-state index in [2.05, 4.69) is 11.9 Å². The van der Waals surface area contributed by atoms with Gasteiger partial charge in [0.1, 0.15) is 0 Å². The first kappa shape index (κ1) is 10.1. The van der Waals surface area contributed by atoms with Crippen molar-refractivity contribution in [2.45, 2.75) is 24.8 Å². The Morgan fingerprint density at radius 3 is 2.57 bits per heavy atom. The molecule has 4 heteroatoms. The van der Waals surface area contributed by atoms with Crippen LogP contribution < -0.4 is 5.32 Å². The van der Waals surface area contributed by atoms with Crippen LogP contribution in [0.5, 0.6) is 0 Å². The lowest BCUT2D eigenvalue weighted by Gasteiger charge is -2.35. The van der Waals surface area contributed by atoms with Crippen LogP contribution in [0.4, 0.5) is 8.78 Å². The van der Waals surface area contributed by atoms with Gasteiger partial charge in [0.05, 0.1) is 13.1 Å². The van der Waals surface area contributed by atoms with Crippen molar-refractivity contribution < 1.29 is 8.78 Å². The molecule has 2 fully saturated rings. The molecule has 0 aromatic rings. The molecule has 0 amide bonds. The Morgan fingerprint density at radius 2 is 2.07 bits per heavy atom. The summed E-state index contributed by atoms with van der Waals surface area (Å²) >= 11 is 0. The molecule has 2 rings (SSSR count). The molecule has 0 radical (unpaired) electrons. The van der Waals surface area contributed by atoms with Crippen LogP contribution in [-0.4, -0.2) is 43.0 Å². The quantitative estimate of drug-likeness (QED) is 0.675. The molecule has 0 unspecified atom stereocenters. The average molecular weight is 202 g/mol. The van der Waals surface area contributed by atoms with Crippen LogP contribution in [0.1, 0.15) is 12.8 Å². The van der Waals surface area contributed by atoms with Gasteiger partial charge in [-0.2, -0.15) is 0 Å². The van der Waals surface area contributed by atoms with Gasteiger partial charge in [-0.15, -0.1) is 0 Å². The van der Waals surface area contributed by atoms with E-state index in [1.165, 1.54) is 0 Å². The Labute approximate surface area is 83.0 Å². The molecular formula is C10H16F2N2. The zero-order chi connectivity index (χ0) is 10.2. The fourth-order valence-corrected chi connectivity index (χ4v) is 1.66. The molecule has 14 heavy (non-hydrogen) atoms. The van der Waals surface area contributed by atoms with Gasteiger partial charge in [0.15, 0.2) is 0 Å². The van der Waals surface area contributed by atoms with Crippen LogP contribution in [0.2, 0.25) is 0 Å². The molecule has 80 valence electrons. The molecule has 2 nitrogen and oxygen atoms in total. The molecule has 1 heterocycles. The number of hydrogen-bond donors (Lipinski definition) is 1. The van der Waals surface area contributed by atoms with Gasteiger partial charge in [-0.05, 0) is 18.4 Å². The number of rotatable bonds is 5. The minimum atomic E-state index is -2.59. The molecule has 1 aliphatic carbocycles. The van der Waals surface area contributed by atoms with Crippen molar-refractivity contribution in [3.63, 3.8) is 0 Å². The van der Waals surface area contributed by atoms with Crippen LogP contribution in [-0.2, 0) is 0 Å². The molecule has 1 saturated heterocycles. The van der Waals surface area contributed by atoms with Crippen LogP contribution in [0.25, 0.3) is 0 Å². The first-order chi connectivity index (χ1) is 6.55. The number of likely N-dealkylation sites (tertiary alicyclic amines) is 1. The minimum absolute atomic E-state index is 0.133. The lowest BCUT2D eigenvalue weighted by Crippen LogP contribution is -2.49. The van der Waals surface area contributed by atoms with Crippen LogP contribution in [0.15, 0.2) is 12.2 Å². The number of hydrogen-bond acceptors (Lipinski definition) is 2. The van der Waals surface area contributed by atoms with Gasteiger partial charge in [-0.25, -0.2) is 8.78 Å². The lowest BCUT2D eigenvalue weighted by atomic mass is 10.1.